The molecule has 0 aliphatic carbocycles. The summed E-state index contributed by atoms with van der Waals surface area (Å²) in [5, 5.41) is 14.8. The maximum Gasteiger partial charge on any atom is 0.320 e. The molecule has 5 N–H and O–H groups in total. The number of hydrogen-bond acceptors (Lipinski definition) is 8. The first-order chi connectivity index (χ1) is 25.7. The molecule has 1 atom stereocenters. The van der Waals surface area contributed by atoms with Crippen LogP contribution in [0, 0.1) is 0 Å². The maximum absolute atomic E-state index is 12.4. The van der Waals surface area contributed by atoms with Crippen LogP contribution < -0.4 is 15.5 Å². The van der Waals surface area contributed by atoms with E-state index < -0.39 is 43.1 Å². The van der Waals surface area contributed by atoms with E-state index in [0.29, 0.717) is 51.7 Å². The van der Waals surface area contributed by atoms with Crippen molar-refractivity contribution < 1.29 is 45.2 Å². The van der Waals surface area contributed by atoms with Gasteiger partial charge in [-0.1, -0.05) is 32.1 Å². The number of carbonyl (C=O) groups excluding carboxylic acids is 1. The molecule has 15 heteroatoms. The molecule has 0 saturated heterocycles. The standard InChI is InChI=1S/C40H54N4O9S2/c1-7-43-33-22-20-28(54(48,49)50)26-30(33)39(2,3)35(43)17-10-8-11-18-36-40(4,5)31-27-29(55(51,52)53)21-23-34(31)44(36)25-15-9-12-19-37(45)42-24-14-13-16-32(41-6)38(46)47/h8,10-11,17-18,20-23,26-27,32,41H,7,9,12-16,19,24-25H2,1-6H3,(H3-,42,45,46,47,48,49,50,51,52,53)/p+1/t32-/m0/s1. The quantitative estimate of drug-likeness (QED) is 0.0493. The minimum atomic E-state index is -4.41. The van der Waals surface area contributed by atoms with Gasteiger partial charge in [-0.25, -0.2) is 0 Å². The van der Waals surface area contributed by atoms with Crippen LogP contribution in [0.2, 0.25) is 0 Å². The van der Waals surface area contributed by atoms with Gasteiger partial charge in [0.05, 0.1) is 15.2 Å². The summed E-state index contributed by atoms with van der Waals surface area (Å²) >= 11 is 0. The molecule has 0 bridgehead atoms. The number of likely N-dealkylation sites (N-methyl/N-ethyl adjacent to an activating group) is 2. The number of carbonyl (C=O) groups is 2. The number of aliphatic carboxylic acids is 1. The summed E-state index contributed by atoms with van der Waals surface area (Å²) in [6, 6.07) is 8.71. The van der Waals surface area contributed by atoms with Crippen molar-refractivity contribution in [1.29, 1.82) is 0 Å². The molecule has 0 aromatic heterocycles. The predicted octanol–water partition coefficient (Wildman–Crippen LogP) is 5.89. The lowest BCUT2D eigenvalue weighted by Crippen LogP contribution is -2.33. The molecule has 2 aliphatic rings. The van der Waals surface area contributed by atoms with Crippen LogP contribution >= 0.6 is 0 Å². The zero-order valence-electron chi connectivity index (χ0n) is 32.5. The number of amides is 1. The molecule has 0 unspecified atom stereocenters. The highest BCUT2D eigenvalue weighted by atomic mass is 32.2. The Morgan fingerprint density at radius 1 is 0.855 bits per heavy atom. The second-order valence-corrected chi connectivity index (χ2v) is 17.8. The molecule has 55 heavy (non-hydrogen) atoms. The van der Waals surface area contributed by atoms with Gasteiger partial charge in [-0.2, -0.15) is 21.4 Å². The molecule has 2 aliphatic heterocycles. The van der Waals surface area contributed by atoms with Crippen molar-refractivity contribution in [2.45, 2.75) is 106 Å². The Kier molecular flexibility index (Phi) is 14.1. The Morgan fingerprint density at radius 3 is 2.13 bits per heavy atom. The minimum Gasteiger partial charge on any atom is -0.480 e. The lowest BCUT2D eigenvalue weighted by Gasteiger charge is -2.25. The first kappa shape index (κ1) is 43.6. The molecule has 2 aromatic carbocycles. The third-order valence-corrected chi connectivity index (χ3v) is 12.2. The van der Waals surface area contributed by atoms with E-state index >= 15 is 0 Å². The van der Waals surface area contributed by atoms with Crippen LogP contribution in [0.1, 0.15) is 90.7 Å². The van der Waals surface area contributed by atoms with Gasteiger partial charge < -0.3 is 20.6 Å². The number of rotatable bonds is 19. The van der Waals surface area contributed by atoms with Gasteiger partial charge in [0.1, 0.15) is 12.6 Å². The average Bonchev–Trinajstić information content (AvgIpc) is 3.45. The first-order valence-electron chi connectivity index (χ1n) is 18.6. The maximum atomic E-state index is 12.4. The number of carboxylic acid groups (broad SMARTS) is 1. The van der Waals surface area contributed by atoms with Crippen LogP contribution in [0.4, 0.5) is 11.4 Å². The molecule has 2 heterocycles. The highest BCUT2D eigenvalue weighted by molar-refractivity contribution is 7.86. The summed E-state index contributed by atoms with van der Waals surface area (Å²) in [5.74, 6) is -0.926. The van der Waals surface area contributed by atoms with Crippen molar-refractivity contribution in [3.8, 4) is 0 Å². The van der Waals surface area contributed by atoms with Gasteiger partial charge in [0.15, 0.2) is 5.71 Å². The summed E-state index contributed by atoms with van der Waals surface area (Å²) in [4.78, 5) is 25.3. The van der Waals surface area contributed by atoms with E-state index in [2.05, 4.69) is 20.1 Å². The zero-order chi connectivity index (χ0) is 40.8. The predicted molar refractivity (Wildman–Crippen MR) is 214 cm³/mol. The van der Waals surface area contributed by atoms with E-state index in [4.69, 9.17) is 5.11 Å². The van der Waals surface area contributed by atoms with Crippen LogP contribution in [0.25, 0.3) is 0 Å². The number of nitrogens with zero attached hydrogens (tertiary/aromatic N) is 2. The van der Waals surface area contributed by atoms with E-state index in [1.54, 1.807) is 19.2 Å². The number of anilines is 1. The Labute approximate surface area is 325 Å². The van der Waals surface area contributed by atoms with Gasteiger partial charge in [0.25, 0.3) is 20.2 Å². The zero-order valence-corrected chi connectivity index (χ0v) is 34.1. The number of benzene rings is 2. The number of allylic oxidation sites excluding steroid dienone is 6. The Morgan fingerprint density at radius 2 is 1.51 bits per heavy atom. The molecule has 0 fully saturated rings. The fourth-order valence-electron chi connectivity index (χ4n) is 7.48. The molecule has 0 spiro atoms. The van der Waals surface area contributed by atoms with E-state index in [-0.39, 0.29) is 15.7 Å². The number of nitrogens with one attached hydrogen (secondary N) is 2. The van der Waals surface area contributed by atoms with E-state index in [0.717, 1.165) is 46.8 Å². The third kappa shape index (κ3) is 10.2. The number of unbranched alkanes of at least 4 members (excludes halogenated alkanes) is 3. The van der Waals surface area contributed by atoms with Crippen LogP contribution in [0.5, 0.6) is 0 Å². The van der Waals surface area contributed by atoms with E-state index in [1.165, 1.54) is 24.3 Å². The normalized spacial score (nSPS) is 17.7. The smallest absolute Gasteiger partial charge is 0.320 e. The molecular formula is C40H55N4O9S2+. The highest BCUT2D eigenvalue weighted by Crippen LogP contribution is 2.48. The Hall–Kier alpha value is -4.15. The topological polar surface area (TPSA) is 193 Å². The van der Waals surface area contributed by atoms with Gasteiger partial charge in [-0.3, -0.25) is 18.7 Å². The highest BCUT2D eigenvalue weighted by Gasteiger charge is 2.45. The second kappa shape index (κ2) is 17.8. The molecule has 2 aromatic rings. The lowest BCUT2D eigenvalue weighted by atomic mass is 9.81. The lowest BCUT2D eigenvalue weighted by molar-refractivity contribution is -0.438. The fourth-order valence-corrected chi connectivity index (χ4v) is 8.50. The largest absolute Gasteiger partial charge is 0.480 e. The van der Waals surface area contributed by atoms with Gasteiger partial charge in [0, 0.05) is 60.4 Å². The molecule has 300 valence electrons. The third-order valence-electron chi connectivity index (χ3n) is 10.5. The molecule has 13 nitrogen and oxygen atoms in total. The van der Waals surface area contributed by atoms with Crippen LogP contribution in [0.15, 0.2) is 82.3 Å². The summed E-state index contributed by atoms with van der Waals surface area (Å²) < 4.78 is 69.4. The van der Waals surface area contributed by atoms with Crippen LogP contribution in [-0.4, -0.2) is 85.9 Å². The van der Waals surface area contributed by atoms with Crippen molar-refractivity contribution in [3.05, 3.63) is 83.6 Å². The van der Waals surface area contributed by atoms with E-state index in [1.807, 2.05) is 65.0 Å². The monoisotopic (exact) mass is 799 g/mol. The molecule has 4 rings (SSSR count). The molecular weight excluding hydrogens is 745 g/mol. The summed E-state index contributed by atoms with van der Waals surface area (Å²) in [6.45, 7) is 11.8. The average molecular weight is 800 g/mol. The van der Waals surface area contributed by atoms with Crippen molar-refractivity contribution in [3.63, 3.8) is 0 Å². The first-order valence-corrected chi connectivity index (χ1v) is 21.5. The van der Waals surface area contributed by atoms with Crippen molar-refractivity contribution in [1.82, 2.24) is 10.6 Å². The van der Waals surface area contributed by atoms with Gasteiger partial charge >= 0.3 is 5.97 Å². The van der Waals surface area contributed by atoms with Crippen LogP contribution in [0.3, 0.4) is 0 Å². The minimum absolute atomic E-state index is 0.0412. The second-order valence-electron chi connectivity index (χ2n) is 15.0. The van der Waals surface area contributed by atoms with Gasteiger partial charge in [0.2, 0.25) is 11.6 Å². The Balaban J connectivity index is 1.47. The SMILES string of the molecule is CCN1C(=CC=CC=CC2=[N+](CCCCCC(=O)NCCCC[C@H](NC)C(=O)O)c3ccc(S(=O)(=O)O)cc3C2(C)C)C(C)(C)c2cc(S(=O)(=O)O)ccc21. The summed E-state index contributed by atoms with van der Waals surface area (Å²) in [7, 11) is -7.15. The molecule has 1 amide bonds. The fraction of sp³-hybridized carbons (Fsp3) is 0.475. The number of carboxylic acids is 1. The van der Waals surface area contributed by atoms with Crippen LogP contribution in [-0.2, 0) is 40.7 Å². The van der Waals surface area contributed by atoms with Crippen molar-refractivity contribution in [2.24, 2.45) is 0 Å². The Bertz CT molecular complexity index is 2120. The number of fused-ring (bicyclic) bond motifs is 2. The van der Waals surface area contributed by atoms with Gasteiger partial charge in [-0.05, 0) is 102 Å². The summed E-state index contributed by atoms with van der Waals surface area (Å²) in [6.07, 6.45) is 14.2. The molecule has 0 radical (unpaired) electrons. The van der Waals surface area contributed by atoms with Crippen molar-refractivity contribution >= 4 is 49.2 Å². The number of hydrogen-bond donors (Lipinski definition) is 5. The summed E-state index contributed by atoms with van der Waals surface area (Å²) in [5.41, 5.74) is 4.06. The van der Waals surface area contributed by atoms with Gasteiger partial charge in [-0.15, -0.1) is 0 Å². The van der Waals surface area contributed by atoms with Crippen molar-refractivity contribution in [2.75, 3.05) is 31.6 Å². The molecule has 0 saturated carbocycles. The van der Waals surface area contributed by atoms with E-state index in [9.17, 15) is 35.5 Å².